The molecule has 0 aliphatic carbocycles. The van der Waals surface area contributed by atoms with Gasteiger partial charge in [0.05, 0.1) is 11.3 Å². The van der Waals surface area contributed by atoms with Crippen LogP contribution in [0.3, 0.4) is 0 Å². The van der Waals surface area contributed by atoms with Gasteiger partial charge in [-0.25, -0.2) is 5.21 Å². The fraction of sp³-hybridized carbons (Fsp3) is 0.615. The van der Waals surface area contributed by atoms with E-state index in [4.69, 9.17) is 0 Å². The maximum Gasteiger partial charge on any atom is 0.178 e. The third-order valence-electron chi connectivity index (χ3n) is 4.35. The fourth-order valence-electron chi connectivity index (χ4n) is 3.26. The molecule has 3 aliphatic rings. The van der Waals surface area contributed by atoms with Crippen molar-refractivity contribution in [2.75, 3.05) is 13.1 Å². The second kappa shape index (κ2) is 4.19. The van der Waals surface area contributed by atoms with Crippen LogP contribution in [-0.2, 0) is 0 Å². The molecule has 1 N–H and O–H groups in total. The van der Waals surface area contributed by atoms with Gasteiger partial charge < -0.3 is 0 Å². The molecule has 3 aliphatic heterocycles. The molecule has 4 rings (SSSR count). The van der Waals surface area contributed by atoms with Crippen molar-refractivity contribution in [1.29, 1.82) is 0 Å². The highest BCUT2D eigenvalue weighted by Gasteiger charge is 2.48. The maximum absolute atomic E-state index is 12.1. The van der Waals surface area contributed by atoms with E-state index >= 15 is 0 Å². The number of ketones is 1. The first-order chi connectivity index (χ1) is 8.17. The number of fused-ring (bicyclic) bond motifs is 3. The molecule has 4 heterocycles. The van der Waals surface area contributed by atoms with Gasteiger partial charge >= 0.3 is 0 Å². The van der Waals surface area contributed by atoms with Crippen LogP contribution in [0.4, 0.5) is 0 Å². The number of hydroxylamine groups is 3. The monoisotopic (exact) mass is 252 g/mol. The molecule has 0 saturated carbocycles. The summed E-state index contributed by atoms with van der Waals surface area (Å²) >= 11 is 1.50. The van der Waals surface area contributed by atoms with Crippen LogP contribution in [0.1, 0.15) is 35.4 Å². The van der Waals surface area contributed by atoms with Crippen molar-refractivity contribution in [3.8, 4) is 0 Å². The highest BCUT2D eigenvalue weighted by atomic mass is 32.1. The predicted octanol–water partition coefficient (Wildman–Crippen LogP) is 2.71. The molecule has 1 aromatic rings. The van der Waals surface area contributed by atoms with E-state index in [1.54, 1.807) is 0 Å². The highest BCUT2D eigenvalue weighted by Crippen LogP contribution is 2.38. The van der Waals surface area contributed by atoms with Crippen LogP contribution in [0.25, 0.3) is 0 Å². The third kappa shape index (κ3) is 2.05. The molecule has 3 fully saturated rings. The number of quaternary nitrogens is 1. The van der Waals surface area contributed by atoms with Gasteiger partial charge in [-0.1, -0.05) is 6.07 Å². The minimum Gasteiger partial charge on any atom is -0.293 e. The zero-order valence-corrected chi connectivity index (χ0v) is 10.7. The molecule has 0 aromatic carbocycles. The second-order valence-corrected chi connectivity index (χ2v) is 6.32. The van der Waals surface area contributed by atoms with Gasteiger partial charge in [0.1, 0.15) is 19.1 Å². The van der Waals surface area contributed by atoms with E-state index < -0.39 is 0 Å². The van der Waals surface area contributed by atoms with Crippen LogP contribution in [0.15, 0.2) is 17.5 Å². The number of rotatable bonds is 3. The van der Waals surface area contributed by atoms with Crippen molar-refractivity contribution in [2.45, 2.75) is 31.7 Å². The summed E-state index contributed by atoms with van der Waals surface area (Å²) in [7, 11) is 0. The average molecular weight is 252 g/mol. The van der Waals surface area contributed by atoms with Gasteiger partial charge in [-0.05, 0) is 17.4 Å². The number of nitrogens with zero attached hydrogens (tertiary/aromatic N) is 1. The normalized spacial score (nSPS) is 36.1. The summed E-state index contributed by atoms with van der Waals surface area (Å²) < 4.78 is 0.146. The van der Waals surface area contributed by atoms with E-state index in [0.717, 1.165) is 43.1 Å². The Morgan fingerprint density at radius 1 is 1.47 bits per heavy atom. The standard InChI is InChI=1S/C13H18NO2S/c15-12(13-2-1-7-17-13)9-11-8-10-3-5-14(11,16)6-4-10/h1-2,7,10-11,16H,3-6,8-9H2/q+1. The Balaban J connectivity index is 1.71. The van der Waals surface area contributed by atoms with Crippen LogP contribution in [0.5, 0.6) is 0 Å². The van der Waals surface area contributed by atoms with Gasteiger partial charge in [0.2, 0.25) is 0 Å². The molecule has 3 saturated heterocycles. The van der Waals surface area contributed by atoms with Crippen molar-refractivity contribution in [3.05, 3.63) is 22.4 Å². The molecule has 0 radical (unpaired) electrons. The molecule has 2 bridgehead atoms. The van der Waals surface area contributed by atoms with Crippen molar-refractivity contribution in [3.63, 3.8) is 0 Å². The average Bonchev–Trinajstić information content (AvgIpc) is 2.84. The molecule has 17 heavy (non-hydrogen) atoms. The second-order valence-electron chi connectivity index (χ2n) is 5.37. The molecule has 92 valence electrons. The Morgan fingerprint density at radius 3 is 2.82 bits per heavy atom. The molecule has 0 amide bonds. The SMILES string of the molecule is O=C(CC1CC2CC[N+]1(O)CC2)c1cccs1. The van der Waals surface area contributed by atoms with E-state index in [0.29, 0.717) is 6.42 Å². The molecule has 1 atom stereocenters. The van der Waals surface area contributed by atoms with Crippen molar-refractivity contribution in [1.82, 2.24) is 0 Å². The van der Waals surface area contributed by atoms with Gasteiger partial charge in [0.15, 0.2) is 5.78 Å². The third-order valence-corrected chi connectivity index (χ3v) is 5.26. The molecular formula is C13H18NO2S+. The smallest absolute Gasteiger partial charge is 0.178 e. The Morgan fingerprint density at radius 2 is 2.24 bits per heavy atom. The number of hydrogen-bond acceptors (Lipinski definition) is 3. The van der Waals surface area contributed by atoms with Gasteiger partial charge in [-0.15, -0.1) is 11.3 Å². The Labute approximate surface area is 105 Å². The Hall–Kier alpha value is -0.710. The minimum atomic E-state index is 0.136. The summed E-state index contributed by atoms with van der Waals surface area (Å²) in [4.78, 5) is 12.9. The van der Waals surface area contributed by atoms with Crippen molar-refractivity contribution < 1.29 is 14.6 Å². The summed E-state index contributed by atoms with van der Waals surface area (Å²) in [5.74, 6) is 0.937. The van der Waals surface area contributed by atoms with Crippen LogP contribution in [0.2, 0.25) is 0 Å². The molecule has 1 unspecified atom stereocenters. The number of Topliss-reactive ketones (excluding diaryl/α,β-unsaturated/α-hetero) is 1. The number of hydrogen-bond donors (Lipinski definition) is 1. The molecule has 3 nitrogen and oxygen atoms in total. The zero-order valence-electron chi connectivity index (χ0n) is 9.84. The van der Waals surface area contributed by atoms with Crippen LogP contribution in [0, 0.1) is 5.92 Å². The Bertz CT molecular complexity index is 407. The quantitative estimate of drug-likeness (QED) is 0.663. The first-order valence-corrected chi connectivity index (χ1v) is 7.21. The number of carbonyl (C=O) groups is 1. The zero-order chi connectivity index (χ0) is 11.9. The van der Waals surface area contributed by atoms with Gasteiger partial charge in [-0.2, -0.15) is 4.65 Å². The number of carbonyl (C=O) groups excluding carboxylic acids is 1. The summed E-state index contributed by atoms with van der Waals surface area (Å²) in [6.07, 6.45) is 3.78. The van der Waals surface area contributed by atoms with E-state index in [1.165, 1.54) is 11.3 Å². The molecule has 0 spiro atoms. The fourth-order valence-corrected chi connectivity index (χ4v) is 3.93. The van der Waals surface area contributed by atoms with E-state index in [9.17, 15) is 10.0 Å². The predicted molar refractivity (Wildman–Crippen MR) is 66.2 cm³/mol. The lowest BCUT2D eigenvalue weighted by atomic mass is 9.81. The van der Waals surface area contributed by atoms with Gasteiger partial charge in [0.25, 0.3) is 0 Å². The lowest BCUT2D eigenvalue weighted by molar-refractivity contribution is -1.13. The highest BCUT2D eigenvalue weighted by molar-refractivity contribution is 7.12. The van der Waals surface area contributed by atoms with Gasteiger partial charge in [0, 0.05) is 19.3 Å². The van der Waals surface area contributed by atoms with E-state index in [2.05, 4.69) is 0 Å². The maximum atomic E-state index is 12.1. The van der Waals surface area contributed by atoms with Crippen LogP contribution in [-0.4, -0.2) is 34.8 Å². The number of thiophene rings is 1. The van der Waals surface area contributed by atoms with Crippen molar-refractivity contribution in [2.24, 2.45) is 5.92 Å². The number of piperidine rings is 3. The van der Waals surface area contributed by atoms with Crippen molar-refractivity contribution >= 4 is 17.1 Å². The lowest BCUT2D eigenvalue weighted by Crippen LogP contribution is -2.62. The lowest BCUT2D eigenvalue weighted by Gasteiger charge is -2.48. The molecular weight excluding hydrogens is 234 g/mol. The summed E-state index contributed by atoms with van der Waals surface area (Å²) in [5.41, 5.74) is 0. The molecule has 4 heteroatoms. The van der Waals surface area contributed by atoms with E-state index in [1.807, 2.05) is 17.5 Å². The largest absolute Gasteiger partial charge is 0.293 e. The topological polar surface area (TPSA) is 37.3 Å². The summed E-state index contributed by atoms with van der Waals surface area (Å²) in [6.45, 7) is 1.68. The summed E-state index contributed by atoms with van der Waals surface area (Å²) in [5, 5.41) is 12.4. The first-order valence-electron chi connectivity index (χ1n) is 6.33. The van der Waals surface area contributed by atoms with Crippen LogP contribution >= 0.6 is 11.3 Å². The van der Waals surface area contributed by atoms with Gasteiger partial charge in [-0.3, -0.25) is 4.79 Å². The van der Waals surface area contributed by atoms with E-state index in [-0.39, 0.29) is 16.5 Å². The molecule has 1 aromatic heterocycles. The summed E-state index contributed by atoms with van der Waals surface area (Å²) in [6, 6.07) is 3.93. The van der Waals surface area contributed by atoms with Crippen LogP contribution < -0.4 is 0 Å². The minimum absolute atomic E-state index is 0.136. The Kier molecular flexibility index (Phi) is 2.81. The first kappa shape index (κ1) is 11.4.